The monoisotopic (exact) mass is 375 g/mol. The summed E-state index contributed by atoms with van der Waals surface area (Å²) in [7, 11) is 2.09. The number of hydrogen-bond acceptors (Lipinski definition) is 4. The minimum atomic E-state index is 0.174. The number of hydrogen-bond donors (Lipinski definition) is 1. The number of halogens is 1. The van der Waals surface area contributed by atoms with Crippen LogP contribution in [0.2, 0.25) is 0 Å². The second-order valence-electron chi connectivity index (χ2n) is 5.80. The standard InChI is InChI=1S/C15H22BrNOS2/c1-17-13(14-12(16)3-7-20-14)11-2-6-18-15(10-11)4-8-19-9-5-15/h3,7,11,13,17H,2,4-6,8-10H2,1H3. The molecule has 1 spiro atoms. The molecule has 0 radical (unpaired) electrons. The van der Waals surface area contributed by atoms with Gasteiger partial charge < -0.3 is 10.1 Å². The summed E-state index contributed by atoms with van der Waals surface area (Å²) in [5, 5.41) is 5.73. The van der Waals surface area contributed by atoms with Gasteiger partial charge in [0, 0.05) is 22.0 Å². The zero-order valence-electron chi connectivity index (χ0n) is 11.9. The molecule has 2 aliphatic rings. The Hall–Kier alpha value is 0.450. The molecule has 5 heteroatoms. The van der Waals surface area contributed by atoms with Crippen molar-refractivity contribution >= 4 is 39.0 Å². The van der Waals surface area contributed by atoms with Crippen molar-refractivity contribution < 1.29 is 4.74 Å². The summed E-state index contributed by atoms with van der Waals surface area (Å²) in [6.07, 6.45) is 4.85. The van der Waals surface area contributed by atoms with E-state index in [2.05, 4.69) is 51.5 Å². The molecule has 1 N–H and O–H groups in total. The number of nitrogens with one attached hydrogen (secondary N) is 1. The summed E-state index contributed by atoms with van der Waals surface area (Å²) in [5.41, 5.74) is 0.174. The zero-order chi connectivity index (χ0) is 14.0. The van der Waals surface area contributed by atoms with E-state index in [9.17, 15) is 0 Å². The predicted molar refractivity (Wildman–Crippen MR) is 91.8 cm³/mol. The third-order valence-electron chi connectivity index (χ3n) is 4.64. The van der Waals surface area contributed by atoms with Gasteiger partial charge in [-0.2, -0.15) is 11.8 Å². The Morgan fingerprint density at radius 3 is 2.90 bits per heavy atom. The van der Waals surface area contributed by atoms with Gasteiger partial charge in [-0.15, -0.1) is 11.3 Å². The normalized spacial score (nSPS) is 27.6. The summed E-state index contributed by atoms with van der Waals surface area (Å²) < 4.78 is 7.48. The number of thioether (sulfide) groups is 1. The second-order valence-corrected chi connectivity index (χ2v) is 8.82. The topological polar surface area (TPSA) is 21.3 Å². The van der Waals surface area contributed by atoms with Gasteiger partial charge in [0.15, 0.2) is 0 Å². The van der Waals surface area contributed by atoms with Crippen molar-refractivity contribution in [3.05, 3.63) is 20.8 Å². The molecule has 0 aromatic carbocycles. The summed E-state index contributed by atoms with van der Waals surface area (Å²) in [4.78, 5) is 1.44. The second kappa shape index (κ2) is 6.69. The van der Waals surface area contributed by atoms with Crippen LogP contribution in [0.25, 0.3) is 0 Å². The Balaban J connectivity index is 1.76. The molecular weight excluding hydrogens is 354 g/mol. The first-order valence-corrected chi connectivity index (χ1v) is 10.2. The first kappa shape index (κ1) is 15.3. The molecule has 3 rings (SSSR count). The van der Waals surface area contributed by atoms with Crippen LogP contribution in [0.5, 0.6) is 0 Å². The minimum absolute atomic E-state index is 0.174. The van der Waals surface area contributed by atoms with Gasteiger partial charge in [0.05, 0.1) is 5.60 Å². The summed E-state index contributed by atoms with van der Waals surface area (Å²) in [6, 6.07) is 2.62. The van der Waals surface area contributed by atoms with E-state index in [1.165, 1.54) is 46.5 Å². The molecule has 2 nitrogen and oxygen atoms in total. The van der Waals surface area contributed by atoms with E-state index in [-0.39, 0.29) is 5.60 Å². The molecular formula is C15H22BrNOS2. The van der Waals surface area contributed by atoms with E-state index in [1.807, 2.05) is 11.3 Å². The van der Waals surface area contributed by atoms with Crippen LogP contribution in [0.3, 0.4) is 0 Å². The molecule has 0 amide bonds. The molecule has 0 saturated carbocycles. The highest BCUT2D eigenvalue weighted by molar-refractivity contribution is 9.10. The van der Waals surface area contributed by atoms with Gasteiger partial charge in [0.2, 0.25) is 0 Å². The van der Waals surface area contributed by atoms with Crippen LogP contribution in [-0.4, -0.2) is 30.8 Å². The quantitative estimate of drug-likeness (QED) is 0.842. The number of rotatable bonds is 3. The highest BCUT2D eigenvalue weighted by Gasteiger charge is 2.41. The summed E-state index contributed by atoms with van der Waals surface area (Å²) in [6.45, 7) is 0.927. The molecule has 2 aliphatic heterocycles. The lowest BCUT2D eigenvalue weighted by molar-refractivity contribution is -0.107. The van der Waals surface area contributed by atoms with Gasteiger partial charge in [-0.1, -0.05) is 0 Å². The molecule has 2 atom stereocenters. The molecule has 2 saturated heterocycles. The average molecular weight is 376 g/mol. The molecule has 0 bridgehead atoms. The molecule has 112 valence electrons. The van der Waals surface area contributed by atoms with Gasteiger partial charge in [-0.3, -0.25) is 0 Å². The summed E-state index contributed by atoms with van der Waals surface area (Å²) >= 11 is 7.63. The van der Waals surface area contributed by atoms with Crippen LogP contribution in [0, 0.1) is 5.92 Å². The van der Waals surface area contributed by atoms with Crippen molar-refractivity contribution in [1.82, 2.24) is 5.32 Å². The van der Waals surface area contributed by atoms with Crippen LogP contribution in [0.15, 0.2) is 15.9 Å². The lowest BCUT2D eigenvalue weighted by Crippen LogP contribution is -2.45. The fourth-order valence-corrected chi connectivity index (χ4v) is 6.61. The lowest BCUT2D eigenvalue weighted by atomic mass is 9.78. The maximum Gasteiger partial charge on any atom is 0.0701 e. The lowest BCUT2D eigenvalue weighted by Gasteiger charge is -2.45. The largest absolute Gasteiger partial charge is 0.375 e. The Kier molecular flexibility index (Phi) is 5.14. The predicted octanol–water partition coefficient (Wildman–Crippen LogP) is 4.46. The fraction of sp³-hybridized carbons (Fsp3) is 0.733. The first-order chi connectivity index (χ1) is 9.74. The Morgan fingerprint density at radius 1 is 1.45 bits per heavy atom. The maximum atomic E-state index is 6.23. The highest BCUT2D eigenvalue weighted by Crippen LogP contribution is 2.45. The minimum Gasteiger partial charge on any atom is -0.375 e. The van der Waals surface area contributed by atoms with E-state index in [1.54, 1.807) is 0 Å². The van der Waals surface area contributed by atoms with Crippen LogP contribution in [-0.2, 0) is 4.74 Å². The highest BCUT2D eigenvalue weighted by atomic mass is 79.9. The molecule has 20 heavy (non-hydrogen) atoms. The molecule has 3 heterocycles. The van der Waals surface area contributed by atoms with Crippen LogP contribution in [0.4, 0.5) is 0 Å². The van der Waals surface area contributed by atoms with Crippen molar-refractivity contribution in [3.8, 4) is 0 Å². The van der Waals surface area contributed by atoms with Crippen molar-refractivity contribution in [2.24, 2.45) is 5.92 Å². The Bertz CT molecular complexity index is 439. The smallest absolute Gasteiger partial charge is 0.0701 e. The van der Waals surface area contributed by atoms with Crippen LogP contribution in [0.1, 0.15) is 36.6 Å². The van der Waals surface area contributed by atoms with E-state index in [4.69, 9.17) is 4.74 Å². The molecule has 2 fully saturated rings. The van der Waals surface area contributed by atoms with E-state index in [0.29, 0.717) is 12.0 Å². The molecule has 1 aromatic rings. The summed E-state index contributed by atoms with van der Waals surface area (Å²) in [5.74, 6) is 3.21. The van der Waals surface area contributed by atoms with Gasteiger partial charge in [0.1, 0.15) is 0 Å². The molecule has 1 aromatic heterocycles. The molecule has 2 unspecified atom stereocenters. The molecule has 0 aliphatic carbocycles. The fourth-order valence-electron chi connectivity index (χ4n) is 3.55. The number of ether oxygens (including phenoxy) is 1. The van der Waals surface area contributed by atoms with Gasteiger partial charge in [-0.05, 0) is 77.5 Å². The average Bonchev–Trinajstić information content (AvgIpc) is 2.87. The van der Waals surface area contributed by atoms with Crippen LogP contribution >= 0.6 is 39.0 Å². The zero-order valence-corrected chi connectivity index (χ0v) is 15.1. The van der Waals surface area contributed by atoms with Gasteiger partial charge in [0.25, 0.3) is 0 Å². The van der Waals surface area contributed by atoms with Crippen LogP contribution < -0.4 is 5.32 Å². The van der Waals surface area contributed by atoms with Gasteiger partial charge in [-0.25, -0.2) is 0 Å². The van der Waals surface area contributed by atoms with Crippen molar-refractivity contribution in [1.29, 1.82) is 0 Å². The van der Waals surface area contributed by atoms with Crippen molar-refractivity contribution in [2.45, 2.75) is 37.3 Å². The first-order valence-electron chi connectivity index (χ1n) is 7.36. The number of thiophene rings is 1. The third kappa shape index (κ3) is 3.12. The van der Waals surface area contributed by atoms with E-state index >= 15 is 0 Å². The Morgan fingerprint density at radius 2 is 2.25 bits per heavy atom. The van der Waals surface area contributed by atoms with E-state index < -0.39 is 0 Å². The van der Waals surface area contributed by atoms with E-state index in [0.717, 1.165) is 6.61 Å². The van der Waals surface area contributed by atoms with Crippen molar-refractivity contribution in [3.63, 3.8) is 0 Å². The third-order valence-corrected chi connectivity index (χ3v) is 7.58. The van der Waals surface area contributed by atoms with Crippen molar-refractivity contribution in [2.75, 3.05) is 25.2 Å². The SMILES string of the molecule is CNC(c1sccc1Br)C1CCOC2(CCSCC2)C1. The Labute approximate surface area is 138 Å². The maximum absolute atomic E-state index is 6.23. The van der Waals surface area contributed by atoms with Gasteiger partial charge >= 0.3 is 0 Å².